The van der Waals surface area contributed by atoms with E-state index in [2.05, 4.69) is 5.32 Å². The summed E-state index contributed by atoms with van der Waals surface area (Å²) in [5.74, 6) is -0.361. The second kappa shape index (κ2) is 6.54. The summed E-state index contributed by atoms with van der Waals surface area (Å²) < 4.78 is 28.1. The van der Waals surface area contributed by atoms with E-state index in [-0.39, 0.29) is 25.0 Å². The van der Waals surface area contributed by atoms with E-state index in [1.54, 1.807) is 38.1 Å². The summed E-state index contributed by atoms with van der Waals surface area (Å²) >= 11 is 6.17. The number of carbonyl (C=O) groups is 1. The lowest BCUT2D eigenvalue weighted by Crippen LogP contribution is -2.56. The SMILES string of the molecule is CC(C)N(C)S(=O)(=O)N1CCNC(=O)[C@@H]1c1ccccc1Cl. The Balaban J connectivity index is 2.49. The Labute approximate surface area is 136 Å². The number of piperazine rings is 1. The highest BCUT2D eigenvalue weighted by Gasteiger charge is 2.41. The molecule has 1 heterocycles. The van der Waals surface area contributed by atoms with Crippen molar-refractivity contribution < 1.29 is 13.2 Å². The van der Waals surface area contributed by atoms with Crippen LogP contribution in [0.5, 0.6) is 0 Å². The number of benzene rings is 1. The molecule has 1 N–H and O–H groups in total. The molecule has 0 unspecified atom stereocenters. The third kappa shape index (κ3) is 3.12. The molecule has 1 aromatic rings. The van der Waals surface area contributed by atoms with Gasteiger partial charge in [0, 0.05) is 31.2 Å². The van der Waals surface area contributed by atoms with Gasteiger partial charge in [0.1, 0.15) is 6.04 Å². The number of amides is 1. The molecule has 8 heteroatoms. The molecule has 122 valence electrons. The molecule has 1 saturated heterocycles. The Morgan fingerprint density at radius 2 is 2.00 bits per heavy atom. The first-order valence-corrected chi connectivity index (χ1v) is 8.81. The van der Waals surface area contributed by atoms with Gasteiger partial charge in [-0.25, -0.2) is 0 Å². The van der Waals surface area contributed by atoms with Crippen LogP contribution < -0.4 is 5.32 Å². The van der Waals surface area contributed by atoms with Crippen LogP contribution in [0.2, 0.25) is 5.02 Å². The molecular weight excluding hydrogens is 326 g/mol. The smallest absolute Gasteiger partial charge is 0.283 e. The second-order valence-corrected chi connectivity index (χ2v) is 7.79. The van der Waals surface area contributed by atoms with E-state index >= 15 is 0 Å². The van der Waals surface area contributed by atoms with E-state index < -0.39 is 16.3 Å². The molecule has 0 spiro atoms. The normalized spacial score (nSPS) is 20.5. The number of carbonyl (C=O) groups excluding carboxylic acids is 1. The molecular formula is C14H20ClN3O3S. The molecule has 1 aliphatic rings. The zero-order chi connectivity index (χ0) is 16.5. The van der Waals surface area contributed by atoms with Crippen molar-refractivity contribution in [3.8, 4) is 0 Å². The van der Waals surface area contributed by atoms with Crippen LogP contribution in [0.4, 0.5) is 0 Å². The van der Waals surface area contributed by atoms with Crippen molar-refractivity contribution in [1.82, 2.24) is 13.9 Å². The molecule has 1 fully saturated rings. The summed E-state index contributed by atoms with van der Waals surface area (Å²) in [7, 11) is -2.25. The first kappa shape index (κ1) is 17.2. The molecule has 0 aliphatic carbocycles. The minimum absolute atomic E-state index is 0.207. The predicted molar refractivity (Wildman–Crippen MR) is 85.7 cm³/mol. The fraction of sp³-hybridized carbons (Fsp3) is 0.500. The lowest BCUT2D eigenvalue weighted by Gasteiger charge is -2.37. The number of hydrogen-bond acceptors (Lipinski definition) is 3. The molecule has 0 radical (unpaired) electrons. The minimum Gasteiger partial charge on any atom is -0.353 e. The molecule has 1 amide bonds. The number of nitrogens with zero attached hydrogens (tertiary/aromatic N) is 2. The summed E-state index contributed by atoms with van der Waals surface area (Å²) in [6.45, 7) is 4.06. The van der Waals surface area contributed by atoms with Crippen LogP contribution in [0.1, 0.15) is 25.5 Å². The number of halogens is 1. The first-order chi connectivity index (χ1) is 10.3. The van der Waals surface area contributed by atoms with Gasteiger partial charge in [-0.2, -0.15) is 17.0 Å². The van der Waals surface area contributed by atoms with E-state index in [9.17, 15) is 13.2 Å². The van der Waals surface area contributed by atoms with Gasteiger partial charge in [-0.1, -0.05) is 29.8 Å². The average Bonchev–Trinajstić information content (AvgIpc) is 2.47. The van der Waals surface area contributed by atoms with E-state index in [0.717, 1.165) is 0 Å². The van der Waals surface area contributed by atoms with Gasteiger partial charge in [0.25, 0.3) is 10.2 Å². The maximum Gasteiger partial charge on any atom is 0.283 e. The molecule has 22 heavy (non-hydrogen) atoms. The van der Waals surface area contributed by atoms with Gasteiger partial charge in [0.05, 0.1) is 0 Å². The van der Waals surface area contributed by atoms with Crippen molar-refractivity contribution in [1.29, 1.82) is 0 Å². The second-order valence-electron chi connectivity index (χ2n) is 5.44. The summed E-state index contributed by atoms with van der Waals surface area (Å²) in [5.41, 5.74) is 0.488. The number of hydrogen-bond donors (Lipinski definition) is 1. The van der Waals surface area contributed by atoms with E-state index in [1.165, 1.54) is 15.7 Å². The maximum atomic E-state index is 12.8. The Bertz CT molecular complexity index is 663. The zero-order valence-electron chi connectivity index (χ0n) is 12.8. The summed E-state index contributed by atoms with van der Waals surface area (Å²) in [5, 5.41) is 3.08. The highest BCUT2D eigenvalue weighted by Crippen LogP contribution is 2.32. The molecule has 6 nitrogen and oxygen atoms in total. The highest BCUT2D eigenvalue weighted by molar-refractivity contribution is 7.86. The van der Waals surface area contributed by atoms with Gasteiger partial charge < -0.3 is 5.32 Å². The van der Waals surface area contributed by atoms with Crippen molar-refractivity contribution in [3.63, 3.8) is 0 Å². The molecule has 2 rings (SSSR count). The van der Waals surface area contributed by atoms with E-state index in [0.29, 0.717) is 10.6 Å². The van der Waals surface area contributed by atoms with Crippen molar-refractivity contribution in [2.24, 2.45) is 0 Å². The molecule has 0 aromatic heterocycles. The molecule has 1 aromatic carbocycles. The lowest BCUT2D eigenvalue weighted by atomic mass is 10.0. The van der Waals surface area contributed by atoms with E-state index in [4.69, 9.17) is 11.6 Å². The topological polar surface area (TPSA) is 69.7 Å². The van der Waals surface area contributed by atoms with Gasteiger partial charge in [0.2, 0.25) is 5.91 Å². The minimum atomic E-state index is -3.76. The van der Waals surface area contributed by atoms with Crippen molar-refractivity contribution in [2.75, 3.05) is 20.1 Å². The molecule has 0 saturated carbocycles. The fourth-order valence-corrected chi connectivity index (χ4v) is 4.22. The quantitative estimate of drug-likeness (QED) is 0.896. The predicted octanol–water partition coefficient (Wildman–Crippen LogP) is 1.40. The monoisotopic (exact) mass is 345 g/mol. The first-order valence-electron chi connectivity index (χ1n) is 7.03. The van der Waals surface area contributed by atoms with Crippen LogP contribution in [-0.2, 0) is 15.0 Å². The lowest BCUT2D eigenvalue weighted by molar-refractivity contribution is -0.127. The Morgan fingerprint density at radius 1 is 1.36 bits per heavy atom. The third-order valence-electron chi connectivity index (χ3n) is 3.76. The Morgan fingerprint density at radius 3 is 2.59 bits per heavy atom. The van der Waals surface area contributed by atoms with Gasteiger partial charge in [0.15, 0.2) is 0 Å². The summed E-state index contributed by atoms with van der Waals surface area (Å²) in [6, 6.07) is 5.65. The van der Waals surface area contributed by atoms with Crippen LogP contribution in [0.25, 0.3) is 0 Å². The van der Waals surface area contributed by atoms with Crippen LogP contribution in [0.15, 0.2) is 24.3 Å². The van der Waals surface area contributed by atoms with Crippen LogP contribution >= 0.6 is 11.6 Å². The molecule has 0 bridgehead atoms. The number of rotatable bonds is 4. The van der Waals surface area contributed by atoms with Crippen molar-refractivity contribution >= 4 is 27.7 Å². The van der Waals surface area contributed by atoms with E-state index in [1.807, 2.05) is 0 Å². The summed E-state index contributed by atoms with van der Waals surface area (Å²) in [6.07, 6.45) is 0. The van der Waals surface area contributed by atoms with Crippen molar-refractivity contribution in [3.05, 3.63) is 34.9 Å². The summed E-state index contributed by atoms with van der Waals surface area (Å²) in [4.78, 5) is 12.3. The van der Waals surface area contributed by atoms with Crippen LogP contribution in [0, 0.1) is 0 Å². The van der Waals surface area contributed by atoms with Crippen LogP contribution in [0.3, 0.4) is 0 Å². The Kier molecular flexibility index (Phi) is 5.11. The van der Waals surface area contributed by atoms with Gasteiger partial charge in [-0.3, -0.25) is 4.79 Å². The highest BCUT2D eigenvalue weighted by atomic mass is 35.5. The standard InChI is InChI=1S/C14H20ClN3O3S/c1-10(2)17(3)22(20,21)18-9-8-16-14(19)13(18)11-6-4-5-7-12(11)15/h4-7,10,13H,8-9H2,1-3H3,(H,16,19)/t13-/m0/s1. The van der Waals surface area contributed by atoms with Gasteiger partial charge in [-0.15, -0.1) is 0 Å². The number of nitrogens with one attached hydrogen (secondary N) is 1. The maximum absolute atomic E-state index is 12.8. The third-order valence-corrected chi connectivity index (χ3v) is 6.23. The molecule has 1 atom stereocenters. The van der Waals surface area contributed by atoms with Crippen molar-refractivity contribution in [2.45, 2.75) is 25.9 Å². The average molecular weight is 346 g/mol. The Hall–Kier alpha value is -1.15. The van der Waals surface area contributed by atoms with Crippen LogP contribution in [-0.4, -0.2) is 49.1 Å². The molecule has 1 aliphatic heterocycles. The van der Waals surface area contributed by atoms with Gasteiger partial charge >= 0.3 is 0 Å². The largest absolute Gasteiger partial charge is 0.353 e. The zero-order valence-corrected chi connectivity index (χ0v) is 14.4. The fourth-order valence-electron chi connectivity index (χ4n) is 2.32. The van der Waals surface area contributed by atoms with Gasteiger partial charge in [-0.05, 0) is 25.5 Å².